The summed E-state index contributed by atoms with van der Waals surface area (Å²) in [6, 6.07) is 3.24. The Labute approximate surface area is 92.4 Å². The van der Waals surface area contributed by atoms with Crippen LogP contribution in [-0.4, -0.2) is 31.3 Å². The molecule has 1 rings (SSSR count). The van der Waals surface area contributed by atoms with E-state index in [1.165, 1.54) is 18.4 Å². The number of likely N-dealkylation sites (N-methyl/N-ethyl adjacent to an activating group) is 1. The molecule has 0 saturated heterocycles. The predicted octanol–water partition coefficient (Wildman–Crippen LogP) is 0.655. The van der Waals surface area contributed by atoms with Crippen molar-refractivity contribution >= 4 is 38.6 Å². The van der Waals surface area contributed by atoms with Gasteiger partial charge in [0.25, 0.3) is 10.0 Å². The van der Waals surface area contributed by atoms with Crippen LogP contribution in [0.1, 0.15) is 0 Å². The summed E-state index contributed by atoms with van der Waals surface area (Å²) >= 11 is 5.82. The zero-order valence-corrected chi connectivity index (χ0v) is 9.95. The van der Waals surface area contributed by atoms with Gasteiger partial charge in [-0.05, 0) is 11.4 Å². The SMILES string of the molecule is CN(CC(N)=S)S(=O)(=O)c1cccs1. The number of thiocarbonyl (C=S) groups is 1. The van der Waals surface area contributed by atoms with Crippen LogP contribution in [0.2, 0.25) is 0 Å². The van der Waals surface area contributed by atoms with Crippen LogP contribution in [0, 0.1) is 0 Å². The van der Waals surface area contributed by atoms with Crippen molar-refractivity contribution in [3.05, 3.63) is 17.5 Å². The number of thiophene rings is 1. The Morgan fingerprint density at radius 3 is 2.79 bits per heavy atom. The lowest BCUT2D eigenvalue weighted by Crippen LogP contribution is -2.34. The number of nitrogens with two attached hydrogens (primary N) is 1. The van der Waals surface area contributed by atoms with E-state index in [9.17, 15) is 8.42 Å². The molecular formula is C7H10N2O2S3. The lowest BCUT2D eigenvalue weighted by Gasteiger charge is -2.14. The molecule has 2 N–H and O–H groups in total. The van der Waals surface area contributed by atoms with Crippen LogP contribution in [-0.2, 0) is 10.0 Å². The van der Waals surface area contributed by atoms with E-state index < -0.39 is 10.0 Å². The van der Waals surface area contributed by atoms with Crippen molar-refractivity contribution in [3.63, 3.8) is 0 Å². The van der Waals surface area contributed by atoms with Gasteiger partial charge >= 0.3 is 0 Å². The van der Waals surface area contributed by atoms with Crippen LogP contribution >= 0.6 is 23.6 Å². The molecule has 14 heavy (non-hydrogen) atoms. The molecule has 0 aromatic carbocycles. The minimum Gasteiger partial charge on any atom is -0.392 e. The Morgan fingerprint density at radius 1 is 1.71 bits per heavy atom. The van der Waals surface area contributed by atoms with E-state index in [2.05, 4.69) is 12.2 Å². The molecule has 78 valence electrons. The van der Waals surface area contributed by atoms with Crippen molar-refractivity contribution in [1.82, 2.24) is 4.31 Å². The maximum absolute atomic E-state index is 11.7. The highest BCUT2D eigenvalue weighted by atomic mass is 32.2. The first-order valence-corrected chi connectivity index (χ1v) is 6.45. The van der Waals surface area contributed by atoms with Crippen molar-refractivity contribution in [2.75, 3.05) is 13.6 Å². The van der Waals surface area contributed by atoms with Crippen LogP contribution in [0.3, 0.4) is 0 Å². The summed E-state index contributed by atoms with van der Waals surface area (Å²) in [7, 11) is -1.95. The fourth-order valence-corrected chi connectivity index (χ4v) is 3.49. The van der Waals surface area contributed by atoms with Gasteiger partial charge in [-0.1, -0.05) is 18.3 Å². The lowest BCUT2D eigenvalue weighted by atomic mass is 10.7. The van der Waals surface area contributed by atoms with Gasteiger partial charge in [-0.3, -0.25) is 0 Å². The monoisotopic (exact) mass is 250 g/mol. The van der Waals surface area contributed by atoms with Crippen LogP contribution < -0.4 is 5.73 Å². The summed E-state index contributed by atoms with van der Waals surface area (Å²) in [5.41, 5.74) is 5.27. The highest BCUT2D eigenvalue weighted by Gasteiger charge is 2.21. The molecule has 0 aliphatic carbocycles. The summed E-state index contributed by atoms with van der Waals surface area (Å²) in [5, 5.41) is 1.71. The molecule has 0 saturated carbocycles. The molecule has 0 fully saturated rings. The van der Waals surface area contributed by atoms with E-state index in [1.54, 1.807) is 17.5 Å². The van der Waals surface area contributed by atoms with Crippen molar-refractivity contribution in [2.45, 2.75) is 4.21 Å². The first-order valence-electron chi connectivity index (χ1n) is 3.72. The third kappa shape index (κ3) is 2.50. The number of rotatable bonds is 4. The molecule has 0 bridgehead atoms. The molecule has 7 heteroatoms. The summed E-state index contributed by atoms with van der Waals surface area (Å²) in [4.78, 5) is 0.160. The third-order valence-electron chi connectivity index (χ3n) is 1.54. The predicted molar refractivity (Wildman–Crippen MR) is 60.9 cm³/mol. The van der Waals surface area contributed by atoms with Gasteiger partial charge < -0.3 is 5.73 Å². The molecule has 1 aromatic heterocycles. The largest absolute Gasteiger partial charge is 0.392 e. The summed E-state index contributed by atoms with van der Waals surface area (Å²) in [5.74, 6) is 0. The van der Waals surface area contributed by atoms with Crippen LogP contribution in [0.5, 0.6) is 0 Å². The maximum atomic E-state index is 11.7. The van der Waals surface area contributed by atoms with E-state index in [0.29, 0.717) is 4.21 Å². The van der Waals surface area contributed by atoms with Crippen molar-refractivity contribution in [1.29, 1.82) is 0 Å². The van der Waals surface area contributed by atoms with Gasteiger partial charge in [-0.2, -0.15) is 4.31 Å². The average Bonchev–Trinajstić information content (AvgIpc) is 2.54. The Morgan fingerprint density at radius 2 is 2.36 bits per heavy atom. The molecule has 0 unspecified atom stereocenters. The van der Waals surface area contributed by atoms with Crippen LogP contribution in [0.25, 0.3) is 0 Å². The van der Waals surface area contributed by atoms with Crippen LogP contribution in [0.15, 0.2) is 21.7 Å². The minimum atomic E-state index is -3.41. The minimum absolute atomic E-state index is 0.0650. The topological polar surface area (TPSA) is 63.4 Å². The first-order chi connectivity index (χ1) is 6.44. The van der Waals surface area contributed by atoms with E-state index in [4.69, 9.17) is 5.73 Å². The lowest BCUT2D eigenvalue weighted by molar-refractivity contribution is 0.508. The first kappa shape index (κ1) is 11.6. The highest BCUT2D eigenvalue weighted by Crippen LogP contribution is 2.19. The standard InChI is InChI=1S/C7H10N2O2S3/c1-9(5-6(8)12)14(10,11)7-3-2-4-13-7/h2-4H,5H2,1H3,(H2,8,12). The van der Waals surface area contributed by atoms with Gasteiger partial charge in [-0.15, -0.1) is 11.3 Å². The van der Waals surface area contributed by atoms with Crippen LogP contribution in [0.4, 0.5) is 0 Å². The van der Waals surface area contributed by atoms with Gasteiger partial charge in [0.15, 0.2) is 0 Å². The summed E-state index contributed by atoms with van der Waals surface area (Å²) < 4.78 is 24.9. The smallest absolute Gasteiger partial charge is 0.252 e. The molecule has 0 atom stereocenters. The zero-order valence-electron chi connectivity index (χ0n) is 7.50. The maximum Gasteiger partial charge on any atom is 0.252 e. The molecule has 0 amide bonds. The summed E-state index contributed by atoms with van der Waals surface area (Å²) in [6.45, 7) is 0.0650. The van der Waals surface area contributed by atoms with Gasteiger partial charge in [0.05, 0.1) is 11.5 Å². The average molecular weight is 250 g/mol. The molecule has 0 spiro atoms. The quantitative estimate of drug-likeness (QED) is 0.797. The van der Waals surface area contributed by atoms with E-state index in [1.807, 2.05) is 0 Å². The molecule has 0 aliphatic heterocycles. The van der Waals surface area contributed by atoms with Gasteiger partial charge in [0.2, 0.25) is 0 Å². The number of sulfonamides is 1. The van der Waals surface area contributed by atoms with Crippen molar-refractivity contribution < 1.29 is 8.42 Å². The highest BCUT2D eigenvalue weighted by molar-refractivity contribution is 7.91. The molecular weight excluding hydrogens is 240 g/mol. The Balaban J connectivity index is 2.92. The second-order valence-corrected chi connectivity index (χ2v) is 6.40. The Kier molecular flexibility index (Phi) is 3.59. The fourth-order valence-electron chi connectivity index (χ4n) is 0.868. The molecule has 1 aromatic rings. The molecule has 0 aliphatic rings. The second-order valence-electron chi connectivity index (χ2n) is 2.66. The van der Waals surface area contributed by atoms with E-state index >= 15 is 0 Å². The van der Waals surface area contributed by atoms with Gasteiger partial charge in [0.1, 0.15) is 4.21 Å². The molecule has 4 nitrogen and oxygen atoms in total. The van der Waals surface area contributed by atoms with E-state index in [0.717, 1.165) is 4.31 Å². The molecule has 0 radical (unpaired) electrons. The number of hydrogen-bond acceptors (Lipinski definition) is 4. The third-order valence-corrected chi connectivity index (χ3v) is 4.84. The van der Waals surface area contributed by atoms with Gasteiger partial charge in [-0.25, -0.2) is 8.42 Å². The summed E-state index contributed by atoms with van der Waals surface area (Å²) in [6.07, 6.45) is 0. The van der Waals surface area contributed by atoms with Crippen molar-refractivity contribution in [2.24, 2.45) is 5.73 Å². The van der Waals surface area contributed by atoms with E-state index in [-0.39, 0.29) is 11.5 Å². The Hall–Kier alpha value is -0.500. The number of nitrogens with zero attached hydrogens (tertiary/aromatic N) is 1. The second kappa shape index (κ2) is 4.35. The zero-order chi connectivity index (χ0) is 10.8. The van der Waals surface area contributed by atoms with Crippen molar-refractivity contribution in [3.8, 4) is 0 Å². The van der Waals surface area contributed by atoms with Gasteiger partial charge in [0, 0.05) is 7.05 Å². The number of hydrogen-bond donors (Lipinski definition) is 1. The molecule has 1 heterocycles. The fraction of sp³-hybridized carbons (Fsp3) is 0.286. The normalized spacial score (nSPS) is 11.9. The Bertz CT molecular complexity index is 410.